The Hall–Kier alpha value is -1.06. The molecule has 0 saturated carbocycles. The zero-order valence-corrected chi connectivity index (χ0v) is 12.6. The molecule has 1 amide bonds. The number of amides is 1. The van der Waals surface area contributed by atoms with Crippen molar-refractivity contribution in [2.24, 2.45) is 11.8 Å². The molecule has 108 valence electrons. The topological polar surface area (TPSA) is 32.3 Å². The fourth-order valence-corrected chi connectivity index (χ4v) is 3.71. The molecule has 1 aromatic rings. The third kappa shape index (κ3) is 2.45. The van der Waals surface area contributed by atoms with E-state index in [-0.39, 0.29) is 12.0 Å². The van der Waals surface area contributed by atoms with E-state index in [0.717, 1.165) is 43.1 Å². The monoisotopic (exact) mass is 292 g/mol. The molecule has 0 aromatic heterocycles. The zero-order chi connectivity index (χ0) is 14.1. The second-order valence-corrected chi connectivity index (χ2v) is 6.36. The quantitative estimate of drug-likeness (QED) is 0.909. The van der Waals surface area contributed by atoms with Gasteiger partial charge in [0.25, 0.3) is 0 Å². The summed E-state index contributed by atoms with van der Waals surface area (Å²) in [7, 11) is 0. The smallest absolute Gasteiger partial charge is 0.227 e. The molecule has 0 aliphatic carbocycles. The zero-order valence-electron chi connectivity index (χ0n) is 11.8. The van der Waals surface area contributed by atoms with Crippen LogP contribution in [0.4, 0.5) is 0 Å². The number of carbonyl (C=O) groups excluding carboxylic acids is 1. The summed E-state index contributed by atoms with van der Waals surface area (Å²) >= 11 is 6.31. The summed E-state index contributed by atoms with van der Waals surface area (Å²) in [5, 5.41) is 4.09. The molecule has 2 aliphatic rings. The van der Waals surface area contributed by atoms with Crippen LogP contribution < -0.4 is 5.32 Å². The van der Waals surface area contributed by atoms with Crippen LogP contribution in [0.2, 0.25) is 5.02 Å². The van der Waals surface area contributed by atoms with Gasteiger partial charge in [0, 0.05) is 18.1 Å². The number of hydrogen-bond acceptors (Lipinski definition) is 2. The highest BCUT2D eigenvalue weighted by Crippen LogP contribution is 2.37. The Balaban J connectivity index is 1.82. The molecule has 3 rings (SSSR count). The molecule has 2 fully saturated rings. The molecule has 0 bridgehead atoms. The lowest BCUT2D eigenvalue weighted by Gasteiger charge is -2.29. The van der Waals surface area contributed by atoms with E-state index in [4.69, 9.17) is 11.6 Å². The van der Waals surface area contributed by atoms with Crippen LogP contribution in [-0.2, 0) is 4.79 Å². The van der Waals surface area contributed by atoms with Gasteiger partial charge >= 0.3 is 0 Å². The molecule has 0 radical (unpaired) electrons. The minimum atomic E-state index is 0.123. The molecule has 0 spiro atoms. The summed E-state index contributed by atoms with van der Waals surface area (Å²) in [6.45, 7) is 4.77. The van der Waals surface area contributed by atoms with Crippen molar-refractivity contribution < 1.29 is 4.79 Å². The third-order valence-electron chi connectivity index (χ3n) is 4.63. The van der Waals surface area contributed by atoms with Gasteiger partial charge < -0.3 is 10.2 Å². The normalized spacial score (nSPS) is 29.9. The Kier molecular flexibility index (Phi) is 3.99. The van der Waals surface area contributed by atoms with E-state index >= 15 is 0 Å². The number of hydrogen-bond donors (Lipinski definition) is 1. The summed E-state index contributed by atoms with van der Waals surface area (Å²) in [6.07, 6.45) is 2.08. The SMILES string of the molecule is C[C@@H]1CNC[C@H]1C(=O)N1CCCC1c1ccccc1Cl. The van der Waals surface area contributed by atoms with E-state index in [2.05, 4.69) is 23.2 Å². The molecular weight excluding hydrogens is 272 g/mol. The highest BCUT2D eigenvalue weighted by atomic mass is 35.5. The van der Waals surface area contributed by atoms with Crippen molar-refractivity contribution in [1.82, 2.24) is 10.2 Å². The van der Waals surface area contributed by atoms with Gasteiger partial charge in [0.15, 0.2) is 0 Å². The fourth-order valence-electron chi connectivity index (χ4n) is 3.45. The molecule has 20 heavy (non-hydrogen) atoms. The van der Waals surface area contributed by atoms with Gasteiger partial charge in [0.1, 0.15) is 0 Å². The number of nitrogens with one attached hydrogen (secondary N) is 1. The maximum absolute atomic E-state index is 12.8. The molecule has 4 heteroatoms. The Bertz CT molecular complexity index is 505. The molecule has 1 unspecified atom stereocenters. The van der Waals surface area contributed by atoms with Gasteiger partial charge in [-0.15, -0.1) is 0 Å². The first-order valence-electron chi connectivity index (χ1n) is 7.44. The van der Waals surface area contributed by atoms with E-state index in [9.17, 15) is 4.79 Å². The van der Waals surface area contributed by atoms with Gasteiger partial charge in [-0.3, -0.25) is 4.79 Å². The summed E-state index contributed by atoms with van der Waals surface area (Å²) < 4.78 is 0. The van der Waals surface area contributed by atoms with Crippen molar-refractivity contribution in [3.8, 4) is 0 Å². The molecule has 1 N–H and O–H groups in total. The van der Waals surface area contributed by atoms with Gasteiger partial charge in [-0.1, -0.05) is 36.7 Å². The first-order chi connectivity index (χ1) is 9.68. The van der Waals surface area contributed by atoms with Crippen molar-refractivity contribution in [3.05, 3.63) is 34.9 Å². The van der Waals surface area contributed by atoms with Gasteiger partial charge in [0.05, 0.1) is 12.0 Å². The molecule has 3 nitrogen and oxygen atoms in total. The van der Waals surface area contributed by atoms with Crippen molar-refractivity contribution in [3.63, 3.8) is 0 Å². The number of halogens is 1. The predicted molar refractivity (Wildman–Crippen MR) is 80.7 cm³/mol. The summed E-state index contributed by atoms with van der Waals surface area (Å²) in [5.74, 6) is 0.845. The second kappa shape index (κ2) is 5.74. The number of carbonyl (C=O) groups is 1. The van der Waals surface area contributed by atoms with Crippen LogP contribution in [0.25, 0.3) is 0 Å². The minimum Gasteiger partial charge on any atom is -0.335 e. The highest BCUT2D eigenvalue weighted by molar-refractivity contribution is 6.31. The van der Waals surface area contributed by atoms with Crippen LogP contribution in [0.5, 0.6) is 0 Å². The number of benzene rings is 1. The lowest BCUT2D eigenvalue weighted by molar-refractivity contribution is -0.136. The van der Waals surface area contributed by atoms with Crippen molar-refractivity contribution >= 4 is 17.5 Å². The van der Waals surface area contributed by atoms with E-state index < -0.39 is 0 Å². The van der Waals surface area contributed by atoms with Crippen LogP contribution in [0, 0.1) is 11.8 Å². The maximum atomic E-state index is 12.8. The standard InChI is InChI=1S/C16H21ClN2O/c1-11-9-18-10-13(11)16(20)19-8-4-7-15(19)12-5-2-3-6-14(12)17/h2-3,5-6,11,13,15,18H,4,7-10H2,1H3/t11-,13-,15?/m1/s1. The van der Waals surface area contributed by atoms with Gasteiger partial charge in [-0.05, 0) is 36.9 Å². The fraction of sp³-hybridized carbons (Fsp3) is 0.562. The summed E-state index contributed by atoms with van der Waals surface area (Å²) in [4.78, 5) is 14.8. The first kappa shape index (κ1) is 13.9. The van der Waals surface area contributed by atoms with Crippen LogP contribution in [0.1, 0.15) is 31.4 Å². The summed E-state index contributed by atoms with van der Waals surface area (Å²) in [5.41, 5.74) is 1.10. The lowest BCUT2D eigenvalue weighted by Crippen LogP contribution is -2.38. The maximum Gasteiger partial charge on any atom is 0.227 e. The van der Waals surface area contributed by atoms with E-state index in [0.29, 0.717) is 11.8 Å². The Morgan fingerprint density at radius 2 is 2.15 bits per heavy atom. The number of nitrogens with zero attached hydrogens (tertiary/aromatic N) is 1. The highest BCUT2D eigenvalue weighted by Gasteiger charge is 2.38. The second-order valence-electron chi connectivity index (χ2n) is 5.95. The Morgan fingerprint density at radius 1 is 1.35 bits per heavy atom. The van der Waals surface area contributed by atoms with Crippen LogP contribution in [0.15, 0.2) is 24.3 Å². The average molecular weight is 293 g/mol. The average Bonchev–Trinajstić information content (AvgIpc) is 3.07. The van der Waals surface area contributed by atoms with Crippen molar-refractivity contribution in [1.29, 1.82) is 0 Å². The van der Waals surface area contributed by atoms with E-state index in [1.54, 1.807) is 0 Å². The predicted octanol–water partition coefficient (Wildman–Crippen LogP) is 2.86. The minimum absolute atomic E-state index is 0.123. The molecule has 2 saturated heterocycles. The van der Waals surface area contributed by atoms with E-state index in [1.807, 2.05) is 18.2 Å². The van der Waals surface area contributed by atoms with Crippen LogP contribution in [-0.4, -0.2) is 30.4 Å². The molecule has 1 aromatic carbocycles. The molecule has 2 heterocycles. The van der Waals surface area contributed by atoms with Gasteiger partial charge in [0.2, 0.25) is 5.91 Å². The largest absolute Gasteiger partial charge is 0.335 e. The third-order valence-corrected chi connectivity index (χ3v) is 4.98. The first-order valence-corrected chi connectivity index (χ1v) is 7.82. The Labute approximate surface area is 125 Å². The molecule has 3 atom stereocenters. The van der Waals surface area contributed by atoms with Gasteiger partial charge in [-0.25, -0.2) is 0 Å². The summed E-state index contributed by atoms with van der Waals surface area (Å²) in [6, 6.07) is 8.06. The van der Waals surface area contributed by atoms with Gasteiger partial charge in [-0.2, -0.15) is 0 Å². The number of likely N-dealkylation sites (tertiary alicyclic amines) is 1. The molecular formula is C16H21ClN2O. The van der Waals surface area contributed by atoms with Crippen LogP contribution >= 0.6 is 11.6 Å². The van der Waals surface area contributed by atoms with E-state index in [1.165, 1.54) is 0 Å². The lowest BCUT2D eigenvalue weighted by atomic mass is 9.95. The molecule has 2 aliphatic heterocycles. The van der Waals surface area contributed by atoms with Crippen LogP contribution in [0.3, 0.4) is 0 Å². The Morgan fingerprint density at radius 3 is 2.85 bits per heavy atom. The number of rotatable bonds is 2. The van der Waals surface area contributed by atoms with Crippen molar-refractivity contribution in [2.45, 2.75) is 25.8 Å². The van der Waals surface area contributed by atoms with Crippen molar-refractivity contribution in [2.75, 3.05) is 19.6 Å².